The van der Waals surface area contributed by atoms with Gasteiger partial charge in [0.1, 0.15) is 12.3 Å². The summed E-state index contributed by atoms with van der Waals surface area (Å²) in [6.45, 7) is 9.56. The minimum atomic E-state index is -0.240. The summed E-state index contributed by atoms with van der Waals surface area (Å²) in [6, 6.07) is 3.81. The summed E-state index contributed by atoms with van der Waals surface area (Å²) in [5.74, 6) is 1.49. The molecule has 22 heavy (non-hydrogen) atoms. The van der Waals surface area contributed by atoms with Crippen LogP contribution in [0.2, 0.25) is 0 Å². The highest BCUT2D eigenvalue weighted by Crippen LogP contribution is 1.99. The predicted molar refractivity (Wildman–Crippen MR) is 88.9 cm³/mol. The van der Waals surface area contributed by atoms with E-state index < -0.39 is 0 Å². The summed E-state index contributed by atoms with van der Waals surface area (Å²) in [6.07, 6.45) is 3.43. The molecule has 0 spiro atoms. The Morgan fingerprint density at radius 1 is 1.27 bits per heavy atom. The molecule has 1 heterocycles. The Labute approximate surface area is 132 Å². The molecule has 6 nitrogen and oxygen atoms in total. The molecular formula is C16H28N4O2. The Morgan fingerprint density at radius 2 is 2.00 bits per heavy atom. The molecule has 124 valence electrons. The largest absolute Gasteiger partial charge is 0.469 e. The number of amides is 1. The number of hydrogen-bond donors (Lipinski definition) is 3. The molecule has 0 unspecified atom stereocenters. The van der Waals surface area contributed by atoms with Gasteiger partial charge in [0, 0.05) is 25.0 Å². The molecule has 0 aromatic carbocycles. The lowest BCUT2D eigenvalue weighted by molar-refractivity contribution is -0.121. The van der Waals surface area contributed by atoms with Crippen LogP contribution in [0.5, 0.6) is 0 Å². The first-order chi connectivity index (χ1) is 10.4. The van der Waals surface area contributed by atoms with Gasteiger partial charge < -0.3 is 20.4 Å². The van der Waals surface area contributed by atoms with Crippen molar-refractivity contribution in [1.82, 2.24) is 16.0 Å². The average molecular weight is 308 g/mol. The van der Waals surface area contributed by atoms with Gasteiger partial charge in [0.2, 0.25) is 5.91 Å². The van der Waals surface area contributed by atoms with Crippen LogP contribution in [-0.2, 0) is 11.2 Å². The highest BCUT2D eigenvalue weighted by molar-refractivity contribution is 5.85. The fourth-order valence-corrected chi connectivity index (χ4v) is 1.79. The van der Waals surface area contributed by atoms with Crippen molar-refractivity contribution in [2.45, 2.75) is 46.1 Å². The second kappa shape index (κ2) is 9.12. The number of carbonyl (C=O) groups excluding carboxylic acids is 1. The summed E-state index contributed by atoms with van der Waals surface area (Å²) < 4.78 is 5.29. The standard InChI is InChI=1S/C16H28N4O2/c1-5-9-17-15(18-10-8-13-7-6-11-22-13)19-12-14(21)20-16(2,3)4/h6-7,11H,5,8-10,12H2,1-4H3,(H,20,21)(H2,17,18,19). The number of carbonyl (C=O) groups is 1. The number of nitrogens with one attached hydrogen (secondary N) is 3. The van der Waals surface area contributed by atoms with Crippen LogP contribution in [-0.4, -0.2) is 37.0 Å². The highest BCUT2D eigenvalue weighted by Gasteiger charge is 2.13. The van der Waals surface area contributed by atoms with Gasteiger partial charge in [-0.3, -0.25) is 4.79 Å². The second-order valence-electron chi connectivity index (χ2n) is 6.15. The number of guanidine groups is 1. The second-order valence-corrected chi connectivity index (χ2v) is 6.15. The van der Waals surface area contributed by atoms with Crippen LogP contribution in [0, 0.1) is 0 Å². The molecular weight excluding hydrogens is 280 g/mol. The molecule has 0 saturated carbocycles. The van der Waals surface area contributed by atoms with E-state index in [2.05, 4.69) is 27.9 Å². The Morgan fingerprint density at radius 3 is 2.59 bits per heavy atom. The maximum absolute atomic E-state index is 11.8. The maximum atomic E-state index is 11.8. The molecule has 0 aliphatic carbocycles. The van der Waals surface area contributed by atoms with Crippen molar-refractivity contribution in [3.8, 4) is 0 Å². The number of hydrogen-bond acceptors (Lipinski definition) is 3. The smallest absolute Gasteiger partial charge is 0.242 e. The van der Waals surface area contributed by atoms with E-state index in [1.165, 1.54) is 0 Å². The lowest BCUT2D eigenvalue weighted by Crippen LogP contribution is -2.43. The van der Waals surface area contributed by atoms with Gasteiger partial charge in [-0.25, -0.2) is 4.99 Å². The van der Waals surface area contributed by atoms with E-state index in [4.69, 9.17) is 4.42 Å². The quantitative estimate of drug-likeness (QED) is 0.529. The van der Waals surface area contributed by atoms with Crippen molar-refractivity contribution in [2.24, 2.45) is 4.99 Å². The van der Waals surface area contributed by atoms with Crippen molar-refractivity contribution in [2.75, 3.05) is 19.6 Å². The van der Waals surface area contributed by atoms with E-state index in [0.29, 0.717) is 12.5 Å². The van der Waals surface area contributed by atoms with Crippen molar-refractivity contribution in [3.63, 3.8) is 0 Å². The van der Waals surface area contributed by atoms with E-state index in [9.17, 15) is 4.79 Å². The highest BCUT2D eigenvalue weighted by atomic mass is 16.3. The van der Waals surface area contributed by atoms with Gasteiger partial charge in [0.05, 0.1) is 6.26 Å². The van der Waals surface area contributed by atoms with E-state index in [1.54, 1.807) is 6.26 Å². The molecule has 1 amide bonds. The molecule has 0 aliphatic rings. The molecule has 6 heteroatoms. The molecule has 0 fully saturated rings. The SMILES string of the molecule is CCCNC(=NCC(=O)NC(C)(C)C)NCCc1ccco1. The summed E-state index contributed by atoms with van der Waals surface area (Å²) in [7, 11) is 0. The Bertz CT molecular complexity index is 461. The van der Waals surface area contributed by atoms with Crippen LogP contribution < -0.4 is 16.0 Å². The normalized spacial score (nSPS) is 12.1. The lowest BCUT2D eigenvalue weighted by Gasteiger charge is -2.20. The van der Waals surface area contributed by atoms with Gasteiger partial charge in [-0.05, 0) is 39.3 Å². The minimum Gasteiger partial charge on any atom is -0.469 e. The molecule has 0 radical (unpaired) electrons. The third-order valence-corrected chi connectivity index (χ3v) is 2.68. The molecule has 0 saturated heterocycles. The zero-order chi connectivity index (χ0) is 16.4. The first-order valence-electron chi connectivity index (χ1n) is 7.76. The summed E-state index contributed by atoms with van der Waals surface area (Å²) in [5, 5.41) is 9.30. The number of aliphatic imine (C=N–C) groups is 1. The zero-order valence-corrected chi connectivity index (χ0v) is 14.0. The van der Waals surface area contributed by atoms with Gasteiger partial charge >= 0.3 is 0 Å². The summed E-state index contributed by atoms with van der Waals surface area (Å²) >= 11 is 0. The van der Waals surface area contributed by atoms with Crippen LogP contribution in [0.3, 0.4) is 0 Å². The van der Waals surface area contributed by atoms with Crippen LogP contribution in [0.1, 0.15) is 39.9 Å². The van der Waals surface area contributed by atoms with Gasteiger partial charge in [0.15, 0.2) is 5.96 Å². The first-order valence-corrected chi connectivity index (χ1v) is 7.76. The van der Waals surface area contributed by atoms with Gasteiger partial charge in [0.25, 0.3) is 0 Å². The van der Waals surface area contributed by atoms with Crippen LogP contribution in [0.25, 0.3) is 0 Å². The average Bonchev–Trinajstić information content (AvgIpc) is 2.92. The predicted octanol–water partition coefficient (Wildman–Crippen LogP) is 1.68. The molecule has 0 bridgehead atoms. The monoisotopic (exact) mass is 308 g/mol. The lowest BCUT2D eigenvalue weighted by atomic mass is 10.1. The van der Waals surface area contributed by atoms with Gasteiger partial charge in [-0.1, -0.05) is 6.92 Å². The van der Waals surface area contributed by atoms with Crippen LogP contribution in [0.15, 0.2) is 27.8 Å². The Kier molecular flexibility index (Phi) is 7.49. The van der Waals surface area contributed by atoms with Crippen molar-refractivity contribution in [1.29, 1.82) is 0 Å². The van der Waals surface area contributed by atoms with Gasteiger partial charge in [-0.15, -0.1) is 0 Å². The molecule has 3 N–H and O–H groups in total. The van der Waals surface area contributed by atoms with E-state index in [1.807, 2.05) is 32.9 Å². The third kappa shape index (κ3) is 8.34. The van der Waals surface area contributed by atoms with E-state index >= 15 is 0 Å². The number of furan rings is 1. The summed E-state index contributed by atoms with van der Waals surface area (Å²) in [4.78, 5) is 16.1. The third-order valence-electron chi connectivity index (χ3n) is 2.68. The van der Waals surface area contributed by atoms with Gasteiger partial charge in [-0.2, -0.15) is 0 Å². The Hall–Kier alpha value is -1.98. The zero-order valence-electron chi connectivity index (χ0n) is 14.0. The van der Waals surface area contributed by atoms with Crippen LogP contribution >= 0.6 is 0 Å². The van der Waals surface area contributed by atoms with Crippen LogP contribution in [0.4, 0.5) is 0 Å². The van der Waals surface area contributed by atoms with E-state index in [0.717, 1.165) is 25.1 Å². The molecule has 1 aromatic heterocycles. The van der Waals surface area contributed by atoms with Crippen molar-refractivity contribution in [3.05, 3.63) is 24.2 Å². The number of nitrogens with zero attached hydrogens (tertiary/aromatic N) is 1. The fraction of sp³-hybridized carbons (Fsp3) is 0.625. The molecule has 0 aliphatic heterocycles. The molecule has 1 aromatic rings. The summed E-state index contributed by atoms with van der Waals surface area (Å²) in [5.41, 5.74) is -0.240. The maximum Gasteiger partial charge on any atom is 0.242 e. The fourth-order valence-electron chi connectivity index (χ4n) is 1.79. The minimum absolute atomic E-state index is 0.0869. The Balaban J connectivity index is 2.44. The topological polar surface area (TPSA) is 78.7 Å². The number of rotatable bonds is 7. The first kappa shape index (κ1) is 18.1. The molecule has 0 atom stereocenters. The molecule has 1 rings (SSSR count). The van der Waals surface area contributed by atoms with E-state index in [-0.39, 0.29) is 18.0 Å². The van der Waals surface area contributed by atoms with Crippen molar-refractivity contribution >= 4 is 11.9 Å². The van der Waals surface area contributed by atoms with Crippen molar-refractivity contribution < 1.29 is 9.21 Å².